The number of hydrogen-bond acceptors (Lipinski definition) is 2. The van der Waals surface area contributed by atoms with E-state index in [4.69, 9.17) is 0 Å². The summed E-state index contributed by atoms with van der Waals surface area (Å²) in [7, 11) is -4.15. The van der Waals surface area contributed by atoms with Gasteiger partial charge in [-0.25, -0.2) is 0 Å². The highest BCUT2D eigenvalue weighted by atomic mass is 32.2. The first-order valence-electron chi connectivity index (χ1n) is 4.58. The first kappa shape index (κ1) is 12.0. The van der Waals surface area contributed by atoms with Gasteiger partial charge in [-0.15, -0.1) is 5.92 Å². The van der Waals surface area contributed by atoms with E-state index in [1.54, 1.807) is 19.1 Å². The quantitative estimate of drug-likeness (QED) is 0.548. The van der Waals surface area contributed by atoms with Crippen LogP contribution < -0.4 is 0 Å². The average Bonchev–Trinajstić information content (AvgIpc) is 2.10. The van der Waals surface area contributed by atoms with Gasteiger partial charge in [0.2, 0.25) is 0 Å². The van der Waals surface area contributed by atoms with Gasteiger partial charge in [-0.05, 0) is 20.8 Å². The minimum absolute atomic E-state index is 0.498. The van der Waals surface area contributed by atoms with Gasteiger partial charge in [0.1, 0.15) is 4.75 Å². The molecule has 0 saturated heterocycles. The van der Waals surface area contributed by atoms with Crippen LogP contribution in [0.5, 0.6) is 0 Å². The Kier molecular flexibility index (Phi) is 3.08. The number of allylic oxidation sites excluding steroid dienone is 3. The van der Waals surface area contributed by atoms with E-state index in [1.165, 1.54) is 13.0 Å². The van der Waals surface area contributed by atoms with Crippen molar-refractivity contribution in [3.63, 3.8) is 0 Å². The highest BCUT2D eigenvalue weighted by molar-refractivity contribution is 7.87. The van der Waals surface area contributed by atoms with Crippen molar-refractivity contribution < 1.29 is 13.0 Å². The maximum Gasteiger partial charge on any atom is 0.275 e. The van der Waals surface area contributed by atoms with E-state index in [-0.39, 0.29) is 0 Å². The fraction of sp³-hybridized carbons (Fsp3) is 0.455. The topological polar surface area (TPSA) is 54.4 Å². The highest BCUT2D eigenvalue weighted by Crippen LogP contribution is 2.33. The van der Waals surface area contributed by atoms with E-state index >= 15 is 0 Å². The van der Waals surface area contributed by atoms with Gasteiger partial charge in [0, 0.05) is 0 Å². The molecular weight excluding hydrogens is 212 g/mol. The molecule has 1 N–H and O–H groups in total. The Hall–Kier alpha value is -1.05. The molecule has 1 rings (SSSR count). The van der Waals surface area contributed by atoms with Crippen LogP contribution in [0.1, 0.15) is 20.8 Å². The van der Waals surface area contributed by atoms with E-state index in [1.807, 2.05) is 6.92 Å². The van der Waals surface area contributed by atoms with Gasteiger partial charge in [0.15, 0.2) is 0 Å². The molecule has 0 aliphatic heterocycles. The zero-order valence-electron chi connectivity index (χ0n) is 8.98. The van der Waals surface area contributed by atoms with E-state index < -0.39 is 20.8 Å². The van der Waals surface area contributed by atoms with Crippen LogP contribution in [0.2, 0.25) is 0 Å². The molecule has 0 spiro atoms. The Labute approximate surface area is 90.6 Å². The molecule has 0 fully saturated rings. The minimum atomic E-state index is -4.15. The standard InChI is InChI=1S/C11H14O3S/c1-4-5-10-8-9(2)6-7-11(10,3)15(12,13)14/h6-8,10H,1-3H3,(H,12,13,14). The van der Waals surface area contributed by atoms with Crippen LogP contribution in [-0.2, 0) is 10.1 Å². The zero-order chi connectivity index (χ0) is 11.7. The largest absolute Gasteiger partial charge is 0.285 e. The fourth-order valence-electron chi connectivity index (χ4n) is 1.47. The van der Waals surface area contributed by atoms with Crippen molar-refractivity contribution in [3.05, 3.63) is 23.8 Å². The molecule has 1 aliphatic carbocycles. The molecule has 0 aromatic rings. The molecule has 0 aromatic carbocycles. The van der Waals surface area contributed by atoms with Gasteiger partial charge in [0.05, 0.1) is 5.92 Å². The van der Waals surface area contributed by atoms with Crippen molar-refractivity contribution >= 4 is 10.1 Å². The molecule has 0 aromatic heterocycles. The predicted molar refractivity (Wildman–Crippen MR) is 59.8 cm³/mol. The zero-order valence-corrected chi connectivity index (χ0v) is 9.80. The molecule has 0 radical (unpaired) electrons. The summed E-state index contributed by atoms with van der Waals surface area (Å²) in [6.45, 7) is 4.98. The van der Waals surface area contributed by atoms with Gasteiger partial charge in [0.25, 0.3) is 10.1 Å². The third-order valence-electron chi connectivity index (χ3n) is 2.58. The summed E-state index contributed by atoms with van der Waals surface area (Å²) < 4.78 is 30.5. The normalized spacial score (nSPS) is 30.4. The molecule has 15 heavy (non-hydrogen) atoms. The Bertz CT molecular complexity index is 474. The second kappa shape index (κ2) is 3.84. The van der Waals surface area contributed by atoms with E-state index in [2.05, 4.69) is 11.8 Å². The van der Waals surface area contributed by atoms with Crippen LogP contribution in [0.3, 0.4) is 0 Å². The van der Waals surface area contributed by atoms with Gasteiger partial charge in [-0.3, -0.25) is 4.55 Å². The molecule has 0 heterocycles. The molecule has 3 nitrogen and oxygen atoms in total. The van der Waals surface area contributed by atoms with Crippen LogP contribution in [0, 0.1) is 17.8 Å². The molecule has 0 bridgehead atoms. The highest BCUT2D eigenvalue weighted by Gasteiger charge is 2.43. The first-order chi connectivity index (χ1) is 6.81. The molecule has 4 heteroatoms. The molecule has 0 saturated carbocycles. The summed E-state index contributed by atoms with van der Waals surface area (Å²) in [5.74, 6) is 4.98. The Morgan fingerprint density at radius 3 is 2.60 bits per heavy atom. The molecule has 82 valence electrons. The van der Waals surface area contributed by atoms with Gasteiger partial charge < -0.3 is 0 Å². The minimum Gasteiger partial charge on any atom is -0.285 e. The van der Waals surface area contributed by atoms with Crippen molar-refractivity contribution in [1.29, 1.82) is 0 Å². The van der Waals surface area contributed by atoms with Gasteiger partial charge >= 0.3 is 0 Å². The lowest BCUT2D eigenvalue weighted by atomic mass is 9.87. The second-order valence-electron chi connectivity index (χ2n) is 3.77. The summed E-state index contributed by atoms with van der Waals surface area (Å²) in [6, 6.07) is 0. The lowest BCUT2D eigenvalue weighted by molar-refractivity contribution is 0.438. The smallest absolute Gasteiger partial charge is 0.275 e. The average molecular weight is 226 g/mol. The lowest BCUT2D eigenvalue weighted by Crippen LogP contribution is -2.40. The monoisotopic (exact) mass is 226 g/mol. The number of hydrogen-bond donors (Lipinski definition) is 1. The summed E-state index contributed by atoms with van der Waals surface area (Å²) in [5, 5.41) is 0. The SMILES string of the molecule is CC#CC1C=C(C)C=CC1(C)S(=O)(=O)O. The van der Waals surface area contributed by atoms with Crippen LogP contribution in [0.25, 0.3) is 0 Å². The second-order valence-corrected chi connectivity index (χ2v) is 5.60. The fourth-order valence-corrected chi connectivity index (χ4v) is 2.16. The maximum atomic E-state index is 11.3. The van der Waals surface area contributed by atoms with Crippen LogP contribution in [0.4, 0.5) is 0 Å². The molecular formula is C11H14O3S. The van der Waals surface area contributed by atoms with Crippen LogP contribution in [-0.4, -0.2) is 17.7 Å². The summed E-state index contributed by atoms with van der Waals surface area (Å²) >= 11 is 0. The maximum absolute atomic E-state index is 11.3. The summed E-state index contributed by atoms with van der Waals surface area (Å²) in [6.07, 6.45) is 4.93. The van der Waals surface area contributed by atoms with Crippen molar-refractivity contribution in [2.75, 3.05) is 0 Å². The van der Waals surface area contributed by atoms with Crippen molar-refractivity contribution in [2.24, 2.45) is 5.92 Å². The Morgan fingerprint density at radius 2 is 2.13 bits per heavy atom. The Balaban J connectivity index is 3.30. The predicted octanol–water partition coefficient (Wildman–Crippen LogP) is 1.79. The summed E-state index contributed by atoms with van der Waals surface area (Å²) in [4.78, 5) is 0. The molecule has 0 amide bonds. The molecule has 2 unspecified atom stereocenters. The van der Waals surface area contributed by atoms with Crippen molar-refractivity contribution in [1.82, 2.24) is 0 Å². The third-order valence-corrected chi connectivity index (χ3v) is 4.08. The van der Waals surface area contributed by atoms with E-state index in [0.29, 0.717) is 0 Å². The van der Waals surface area contributed by atoms with E-state index in [0.717, 1.165) is 5.57 Å². The molecule has 1 aliphatic rings. The van der Waals surface area contributed by atoms with Crippen LogP contribution in [0.15, 0.2) is 23.8 Å². The van der Waals surface area contributed by atoms with Crippen LogP contribution >= 0.6 is 0 Å². The van der Waals surface area contributed by atoms with E-state index in [9.17, 15) is 13.0 Å². The third kappa shape index (κ3) is 2.14. The Morgan fingerprint density at radius 1 is 1.53 bits per heavy atom. The van der Waals surface area contributed by atoms with Crippen molar-refractivity contribution in [2.45, 2.75) is 25.5 Å². The molecule has 2 atom stereocenters. The van der Waals surface area contributed by atoms with Gasteiger partial charge in [-0.2, -0.15) is 8.42 Å². The lowest BCUT2D eigenvalue weighted by Gasteiger charge is -2.29. The number of rotatable bonds is 1. The van der Waals surface area contributed by atoms with Gasteiger partial charge in [-0.1, -0.05) is 29.7 Å². The van der Waals surface area contributed by atoms with Crippen molar-refractivity contribution in [3.8, 4) is 11.8 Å². The summed E-state index contributed by atoms with van der Waals surface area (Å²) in [5.41, 5.74) is 0.948. The first-order valence-corrected chi connectivity index (χ1v) is 6.02.